The molecule has 0 unspecified atom stereocenters. The molecule has 1 aliphatic heterocycles. The highest BCUT2D eigenvalue weighted by molar-refractivity contribution is 5.29. The zero-order chi connectivity index (χ0) is 17.8. The van der Waals surface area contributed by atoms with E-state index in [1.165, 1.54) is 22.5 Å². The standard InChI is InChI=1S/C20H24N6/c1-2-18-17-14-26(9-8-19(17)25-24-18)13-16-11-22-20(23-12-16)21-10-15-6-4-3-5-7-15/h3-7,11-12H,2,8-10,13-14H2,1H3,(H,24,25)(H,21,22,23). The van der Waals surface area contributed by atoms with Crippen LogP contribution in [0.1, 0.15) is 35.0 Å². The van der Waals surface area contributed by atoms with E-state index in [4.69, 9.17) is 0 Å². The molecule has 0 spiro atoms. The van der Waals surface area contributed by atoms with Crippen LogP contribution in [0.15, 0.2) is 42.7 Å². The summed E-state index contributed by atoms with van der Waals surface area (Å²) in [5.74, 6) is 0.668. The third-order valence-electron chi connectivity index (χ3n) is 4.84. The molecule has 1 aromatic carbocycles. The number of benzene rings is 1. The van der Waals surface area contributed by atoms with E-state index in [1.54, 1.807) is 0 Å². The smallest absolute Gasteiger partial charge is 0.222 e. The minimum atomic E-state index is 0.668. The lowest BCUT2D eigenvalue weighted by Crippen LogP contribution is -2.30. The number of hydrogen-bond donors (Lipinski definition) is 2. The van der Waals surface area contributed by atoms with Crippen LogP contribution in [-0.2, 0) is 32.5 Å². The molecule has 3 heterocycles. The number of aromatic nitrogens is 4. The number of anilines is 1. The van der Waals surface area contributed by atoms with E-state index >= 15 is 0 Å². The van der Waals surface area contributed by atoms with Gasteiger partial charge in [-0.15, -0.1) is 0 Å². The van der Waals surface area contributed by atoms with Gasteiger partial charge in [0.1, 0.15) is 0 Å². The summed E-state index contributed by atoms with van der Waals surface area (Å²) in [5, 5.41) is 10.9. The molecule has 4 rings (SSSR count). The van der Waals surface area contributed by atoms with Gasteiger partial charge in [-0.05, 0) is 12.0 Å². The molecule has 0 atom stereocenters. The van der Waals surface area contributed by atoms with Gasteiger partial charge in [-0.3, -0.25) is 10.00 Å². The summed E-state index contributed by atoms with van der Waals surface area (Å²) in [6.45, 7) is 5.74. The SMILES string of the molecule is CCc1n[nH]c2c1CN(Cc1cnc(NCc3ccccc3)nc1)CC2. The first-order valence-electron chi connectivity index (χ1n) is 9.18. The van der Waals surface area contributed by atoms with E-state index in [-0.39, 0.29) is 0 Å². The Morgan fingerprint density at radius 2 is 1.92 bits per heavy atom. The third kappa shape index (κ3) is 3.75. The Labute approximate surface area is 153 Å². The largest absolute Gasteiger partial charge is 0.350 e. The summed E-state index contributed by atoms with van der Waals surface area (Å²) in [6, 6.07) is 10.3. The summed E-state index contributed by atoms with van der Waals surface area (Å²) in [7, 11) is 0. The molecular weight excluding hydrogens is 324 g/mol. The van der Waals surface area contributed by atoms with Crippen molar-refractivity contribution in [3.63, 3.8) is 0 Å². The number of H-pyrrole nitrogens is 1. The topological polar surface area (TPSA) is 69.7 Å². The average molecular weight is 348 g/mol. The van der Waals surface area contributed by atoms with Crippen molar-refractivity contribution in [1.82, 2.24) is 25.1 Å². The summed E-state index contributed by atoms with van der Waals surface area (Å²) in [4.78, 5) is 11.4. The van der Waals surface area contributed by atoms with Gasteiger partial charge in [0.25, 0.3) is 0 Å². The van der Waals surface area contributed by atoms with Gasteiger partial charge in [0, 0.05) is 61.8 Å². The van der Waals surface area contributed by atoms with E-state index in [2.05, 4.69) is 49.4 Å². The zero-order valence-corrected chi connectivity index (χ0v) is 15.1. The summed E-state index contributed by atoms with van der Waals surface area (Å²) < 4.78 is 0. The van der Waals surface area contributed by atoms with Crippen LogP contribution in [0, 0.1) is 0 Å². The van der Waals surface area contributed by atoms with Crippen molar-refractivity contribution in [2.24, 2.45) is 0 Å². The number of rotatable bonds is 6. The van der Waals surface area contributed by atoms with Crippen LogP contribution >= 0.6 is 0 Å². The predicted octanol–water partition coefficient (Wildman–Crippen LogP) is 2.93. The second kappa shape index (κ2) is 7.66. The molecule has 2 aromatic heterocycles. The Kier molecular flexibility index (Phi) is 4.93. The molecule has 0 aliphatic carbocycles. The number of fused-ring (bicyclic) bond motifs is 1. The van der Waals surface area contributed by atoms with Crippen molar-refractivity contribution < 1.29 is 0 Å². The molecule has 0 bridgehead atoms. The highest BCUT2D eigenvalue weighted by Crippen LogP contribution is 2.22. The fourth-order valence-corrected chi connectivity index (χ4v) is 3.40. The molecular formula is C20H24N6. The Hall–Kier alpha value is -2.73. The van der Waals surface area contributed by atoms with Crippen LogP contribution in [0.5, 0.6) is 0 Å². The molecule has 2 N–H and O–H groups in total. The molecule has 6 nitrogen and oxygen atoms in total. The van der Waals surface area contributed by atoms with Gasteiger partial charge in [-0.25, -0.2) is 9.97 Å². The summed E-state index contributed by atoms with van der Waals surface area (Å²) in [5.41, 5.74) is 6.23. The number of aryl methyl sites for hydroxylation is 1. The first-order valence-corrected chi connectivity index (χ1v) is 9.18. The van der Waals surface area contributed by atoms with Gasteiger partial charge in [-0.1, -0.05) is 37.3 Å². The van der Waals surface area contributed by atoms with Crippen LogP contribution in [0.4, 0.5) is 5.95 Å². The Balaban J connectivity index is 1.34. The molecule has 26 heavy (non-hydrogen) atoms. The quantitative estimate of drug-likeness (QED) is 0.717. The predicted molar refractivity (Wildman–Crippen MR) is 102 cm³/mol. The Morgan fingerprint density at radius 3 is 2.69 bits per heavy atom. The number of aromatic amines is 1. The van der Waals surface area contributed by atoms with E-state index in [9.17, 15) is 0 Å². The molecule has 0 radical (unpaired) electrons. The normalized spacial score (nSPS) is 14.2. The highest BCUT2D eigenvalue weighted by Gasteiger charge is 2.21. The monoisotopic (exact) mass is 348 g/mol. The lowest BCUT2D eigenvalue weighted by atomic mass is 10.0. The Bertz CT molecular complexity index is 827. The maximum Gasteiger partial charge on any atom is 0.222 e. The molecule has 1 aliphatic rings. The fraction of sp³-hybridized carbons (Fsp3) is 0.350. The number of nitrogens with one attached hydrogen (secondary N) is 2. The first-order chi connectivity index (χ1) is 12.8. The summed E-state index contributed by atoms with van der Waals surface area (Å²) >= 11 is 0. The third-order valence-corrected chi connectivity index (χ3v) is 4.84. The molecule has 0 saturated heterocycles. The van der Waals surface area contributed by atoms with Crippen LogP contribution in [0.25, 0.3) is 0 Å². The van der Waals surface area contributed by atoms with Gasteiger partial charge in [-0.2, -0.15) is 5.10 Å². The Morgan fingerprint density at radius 1 is 1.12 bits per heavy atom. The van der Waals surface area contributed by atoms with Crippen LogP contribution in [0.2, 0.25) is 0 Å². The van der Waals surface area contributed by atoms with E-state index in [0.717, 1.165) is 44.6 Å². The summed E-state index contributed by atoms with van der Waals surface area (Å²) in [6.07, 6.45) is 5.85. The van der Waals surface area contributed by atoms with Crippen molar-refractivity contribution in [2.75, 3.05) is 11.9 Å². The van der Waals surface area contributed by atoms with Gasteiger partial charge < -0.3 is 5.32 Å². The number of hydrogen-bond acceptors (Lipinski definition) is 5. The minimum absolute atomic E-state index is 0.668. The number of nitrogens with zero attached hydrogens (tertiary/aromatic N) is 4. The van der Waals surface area contributed by atoms with Gasteiger partial charge in [0.15, 0.2) is 0 Å². The first kappa shape index (κ1) is 16.7. The van der Waals surface area contributed by atoms with E-state index in [0.29, 0.717) is 5.95 Å². The van der Waals surface area contributed by atoms with Crippen LogP contribution in [0.3, 0.4) is 0 Å². The lowest BCUT2D eigenvalue weighted by Gasteiger charge is -2.26. The fourth-order valence-electron chi connectivity index (χ4n) is 3.40. The molecule has 134 valence electrons. The van der Waals surface area contributed by atoms with Gasteiger partial charge in [0.05, 0.1) is 5.69 Å². The maximum absolute atomic E-state index is 4.46. The second-order valence-corrected chi connectivity index (χ2v) is 6.70. The van der Waals surface area contributed by atoms with Gasteiger partial charge >= 0.3 is 0 Å². The van der Waals surface area contributed by atoms with Crippen molar-refractivity contribution >= 4 is 5.95 Å². The second-order valence-electron chi connectivity index (χ2n) is 6.70. The van der Waals surface area contributed by atoms with Crippen LogP contribution < -0.4 is 5.32 Å². The minimum Gasteiger partial charge on any atom is -0.350 e. The maximum atomic E-state index is 4.46. The van der Waals surface area contributed by atoms with Crippen LogP contribution in [-0.4, -0.2) is 31.6 Å². The molecule has 0 saturated carbocycles. The zero-order valence-electron chi connectivity index (χ0n) is 15.1. The van der Waals surface area contributed by atoms with Crippen molar-refractivity contribution in [2.45, 2.75) is 39.4 Å². The van der Waals surface area contributed by atoms with E-state index < -0.39 is 0 Å². The molecule has 0 amide bonds. The molecule has 6 heteroatoms. The van der Waals surface area contributed by atoms with Crippen molar-refractivity contribution in [3.05, 3.63) is 70.8 Å². The molecule has 3 aromatic rings. The molecule has 0 fully saturated rings. The highest BCUT2D eigenvalue weighted by atomic mass is 15.2. The van der Waals surface area contributed by atoms with Gasteiger partial charge in [0.2, 0.25) is 5.95 Å². The average Bonchev–Trinajstić information content (AvgIpc) is 3.11. The lowest BCUT2D eigenvalue weighted by molar-refractivity contribution is 0.243. The van der Waals surface area contributed by atoms with E-state index in [1.807, 2.05) is 30.6 Å². The van der Waals surface area contributed by atoms with Crippen molar-refractivity contribution in [3.8, 4) is 0 Å². The van der Waals surface area contributed by atoms with Crippen molar-refractivity contribution in [1.29, 1.82) is 0 Å².